The lowest BCUT2D eigenvalue weighted by Gasteiger charge is -2.27. The second-order valence-corrected chi connectivity index (χ2v) is 7.89. The van der Waals surface area contributed by atoms with Crippen LogP contribution in [0.1, 0.15) is 25.0 Å². The Balaban J connectivity index is 1.40. The average Bonchev–Trinajstić information content (AvgIpc) is 3.54. The Morgan fingerprint density at radius 1 is 0.931 bits per heavy atom. The smallest absolute Gasteiger partial charge is 0.232 e. The first-order valence-electron chi connectivity index (χ1n) is 9.76. The van der Waals surface area contributed by atoms with E-state index < -0.39 is 0 Å². The largest absolute Gasteiger partial charge is 0.461 e. The average molecular weight is 407 g/mol. The number of hydrogen-bond donors (Lipinski definition) is 0. The Morgan fingerprint density at radius 2 is 1.79 bits per heavy atom. The van der Waals surface area contributed by atoms with Gasteiger partial charge in [-0.25, -0.2) is 0 Å². The fraction of sp³-hybridized carbons (Fsp3) is 0.286. The van der Waals surface area contributed by atoms with Gasteiger partial charge in [0.25, 0.3) is 0 Å². The summed E-state index contributed by atoms with van der Waals surface area (Å²) in [5, 5.41) is 14.0. The summed E-state index contributed by atoms with van der Waals surface area (Å²) < 4.78 is 12.9. The van der Waals surface area contributed by atoms with Crippen LogP contribution in [0.2, 0.25) is 0 Å². The number of para-hydroxylation sites is 1. The summed E-state index contributed by atoms with van der Waals surface area (Å²) in [5.74, 6) is 2.85. The van der Waals surface area contributed by atoms with E-state index in [1.807, 2.05) is 36.4 Å². The number of rotatable bonds is 6. The van der Waals surface area contributed by atoms with Gasteiger partial charge >= 0.3 is 0 Å². The Bertz CT molecular complexity index is 1050. The van der Waals surface area contributed by atoms with Crippen molar-refractivity contribution < 1.29 is 8.94 Å². The van der Waals surface area contributed by atoms with Crippen molar-refractivity contribution in [2.75, 3.05) is 18.0 Å². The molecule has 0 bridgehead atoms. The van der Waals surface area contributed by atoms with Crippen molar-refractivity contribution in [2.24, 2.45) is 0 Å². The molecular formula is C21H21N5O2S. The van der Waals surface area contributed by atoms with Crippen LogP contribution in [0.25, 0.3) is 17.2 Å². The molecule has 3 aromatic heterocycles. The molecule has 0 N–H and O–H groups in total. The molecule has 0 unspecified atom stereocenters. The van der Waals surface area contributed by atoms with Crippen molar-refractivity contribution >= 4 is 17.7 Å². The molecule has 4 aromatic rings. The molecule has 0 radical (unpaired) electrons. The van der Waals surface area contributed by atoms with E-state index in [1.165, 1.54) is 19.3 Å². The molecule has 1 saturated heterocycles. The van der Waals surface area contributed by atoms with Crippen LogP contribution >= 0.6 is 11.8 Å². The lowest BCUT2D eigenvalue weighted by molar-refractivity contribution is 0.413. The van der Waals surface area contributed by atoms with Gasteiger partial charge in [-0.15, -0.1) is 10.2 Å². The van der Waals surface area contributed by atoms with Crippen molar-refractivity contribution in [3.63, 3.8) is 0 Å². The lowest BCUT2D eigenvalue weighted by Crippen LogP contribution is -2.31. The number of furan rings is 1. The maximum absolute atomic E-state index is 5.40. The monoisotopic (exact) mass is 407 g/mol. The highest BCUT2D eigenvalue weighted by Crippen LogP contribution is 2.30. The molecule has 148 valence electrons. The molecule has 1 aliphatic rings. The van der Waals surface area contributed by atoms with Crippen LogP contribution in [0.5, 0.6) is 0 Å². The van der Waals surface area contributed by atoms with Gasteiger partial charge in [-0.2, -0.15) is 0 Å². The van der Waals surface area contributed by atoms with Crippen LogP contribution in [-0.2, 0) is 5.75 Å². The molecule has 1 aliphatic heterocycles. The molecule has 1 aromatic carbocycles. The van der Waals surface area contributed by atoms with E-state index in [0.29, 0.717) is 17.3 Å². The summed E-state index contributed by atoms with van der Waals surface area (Å²) in [5.41, 5.74) is 1.90. The highest BCUT2D eigenvalue weighted by Gasteiger charge is 2.22. The maximum atomic E-state index is 5.40. The van der Waals surface area contributed by atoms with Crippen molar-refractivity contribution in [1.29, 1.82) is 0 Å². The molecule has 0 spiro atoms. The van der Waals surface area contributed by atoms with Crippen molar-refractivity contribution in [1.82, 2.24) is 19.9 Å². The van der Waals surface area contributed by atoms with Gasteiger partial charge in [-0.1, -0.05) is 35.1 Å². The lowest BCUT2D eigenvalue weighted by atomic mass is 10.1. The van der Waals surface area contributed by atoms with E-state index in [4.69, 9.17) is 8.94 Å². The van der Waals surface area contributed by atoms with Crippen molar-refractivity contribution in [3.8, 4) is 17.2 Å². The standard InChI is InChI=1S/C21H21N5O2S/c1-3-8-17(9-4-1)26-20(25-11-5-2-6-12-25)22-23-21(26)29-15-16-14-19(28-24-16)18-10-7-13-27-18/h1,3-4,7-10,13-14H,2,5-6,11-12,15H2. The highest BCUT2D eigenvalue weighted by atomic mass is 32.2. The van der Waals surface area contributed by atoms with E-state index in [2.05, 4.69) is 37.0 Å². The molecule has 4 heterocycles. The minimum Gasteiger partial charge on any atom is -0.461 e. The zero-order valence-electron chi connectivity index (χ0n) is 15.9. The molecule has 0 atom stereocenters. The minimum atomic E-state index is 0.629. The van der Waals surface area contributed by atoms with Crippen LogP contribution in [0.15, 0.2) is 68.9 Å². The number of thioether (sulfide) groups is 1. The summed E-state index contributed by atoms with van der Waals surface area (Å²) in [7, 11) is 0. The first-order valence-corrected chi connectivity index (χ1v) is 10.7. The Labute approximate surface area is 172 Å². The van der Waals surface area contributed by atoms with E-state index >= 15 is 0 Å². The third kappa shape index (κ3) is 3.80. The van der Waals surface area contributed by atoms with Crippen LogP contribution in [0.3, 0.4) is 0 Å². The quantitative estimate of drug-likeness (QED) is 0.425. The van der Waals surface area contributed by atoms with Crippen LogP contribution < -0.4 is 4.90 Å². The highest BCUT2D eigenvalue weighted by molar-refractivity contribution is 7.98. The van der Waals surface area contributed by atoms with E-state index in [9.17, 15) is 0 Å². The first-order chi connectivity index (χ1) is 14.4. The van der Waals surface area contributed by atoms with Crippen molar-refractivity contribution in [3.05, 3.63) is 60.5 Å². The van der Waals surface area contributed by atoms with Crippen LogP contribution in [-0.4, -0.2) is 33.0 Å². The molecule has 8 heteroatoms. The van der Waals surface area contributed by atoms with Gasteiger partial charge in [0.15, 0.2) is 10.9 Å². The SMILES string of the molecule is c1ccc(-n2c(SCc3cc(-c4ccco4)on3)nnc2N2CCCCC2)cc1. The number of aromatic nitrogens is 4. The minimum absolute atomic E-state index is 0.629. The van der Waals surface area contributed by atoms with Crippen molar-refractivity contribution in [2.45, 2.75) is 30.2 Å². The summed E-state index contributed by atoms with van der Waals surface area (Å²) in [6, 6.07) is 15.9. The molecule has 29 heavy (non-hydrogen) atoms. The second-order valence-electron chi connectivity index (χ2n) is 6.95. The fourth-order valence-corrected chi connectivity index (χ4v) is 4.34. The molecule has 0 amide bonds. The van der Waals surface area contributed by atoms with Gasteiger partial charge in [-0.05, 0) is 43.5 Å². The van der Waals surface area contributed by atoms with Gasteiger partial charge in [0.1, 0.15) is 0 Å². The zero-order valence-corrected chi connectivity index (χ0v) is 16.7. The Morgan fingerprint density at radius 3 is 2.59 bits per heavy atom. The third-order valence-corrected chi connectivity index (χ3v) is 5.90. The fourth-order valence-electron chi connectivity index (χ4n) is 3.51. The van der Waals surface area contributed by atoms with Gasteiger partial charge in [0.05, 0.1) is 17.6 Å². The summed E-state index contributed by atoms with van der Waals surface area (Å²) in [4.78, 5) is 2.33. The van der Waals surface area contributed by atoms with E-state index in [0.717, 1.165) is 35.6 Å². The Kier molecular flexibility index (Phi) is 5.08. The molecule has 1 fully saturated rings. The Hall–Kier alpha value is -3.00. The summed E-state index contributed by atoms with van der Waals surface area (Å²) in [6.45, 7) is 2.04. The van der Waals surface area contributed by atoms with Crippen LogP contribution in [0.4, 0.5) is 5.95 Å². The number of hydrogen-bond acceptors (Lipinski definition) is 7. The predicted octanol–water partition coefficient (Wildman–Crippen LogP) is 4.80. The number of nitrogens with zero attached hydrogens (tertiary/aromatic N) is 5. The maximum Gasteiger partial charge on any atom is 0.232 e. The number of anilines is 1. The summed E-state index contributed by atoms with van der Waals surface area (Å²) >= 11 is 1.60. The molecule has 5 rings (SSSR count). The second kappa shape index (κ2) is 8.16. The number of piperidine rings is 1. The molecule has 0 aliphatic carbocycles. The first kappa shape index (κ1) is 18.1. The molecular weight excluding hydrogens is 386 g/mol. The van der Waals surface area contributed by atoms with Gasteiger partial charge < -0.3 is 13.8 Å². The van der Waals surface area contributed by atoms with E-state index in [-0.39, 0.29) is 0 Å². The topological polar surface area (TPSA) is 73.1 Å². The molecule has 0 saturated carbocycles. The number of benzene rings is 1. The van der Waals surface area contributed by atoms with Gasteiger partial charge in [0, 0.05) is 24.9 Å². The van der Waals surface area contributed by atoms with E-state index in [1.54, 1.807) is 18.0 Å². The normalized spacial score (nSPS) is 14.4. The van der Waals surface area contributed by atoms with Gasteiger partial charge in [-0.3, -0.25) is 4.57 Å². The predicted molar refractivity (Wildman–Crippen MR) is 111 cm³/mol. The molecule has 7 nitrogen and oxygen atoms in total. The third-order valence-electron chi connectivity index (χ3n) is 4.94. The van der Waals surface area contributed by atoms with Crippen LogP contribution in [0, 0.1) is 0 Å². The summed E-state index contributed by atoms with van der Waals surface area (Å²) in [6.07, 6.45) is 5.29. The zero-order chi connectivity index (χ0) is 19.5. The van der Waals surface area contributed by atoms with Gasteiger partial charge in [0.2, 0.25) is 11.7 Å².